The van der Waals surface area contributed by atoms with Gasteiger partial charge in [-0.1, -0.05) is 29.3 Å². The lowest BCUT2D eigenvalue weighted by atomic mass is 10.2. The minimum Gasteiger partial charge on any atom is -0.316 e. The van der Waals surface area contributed by atoms with Crippen molar-refractivity contribution >= 4 is 23.2 Å². The van der Waals surface area contributed by atoms with Crippen molar-refractivity contribution in [1.82, 2.24) is 10.6 Å². The van der Waals surface area contributed by atoms with E-state index in [1.807, 2.05) is 12.1 Å². The minimum absolute atomic E-state index is 0.696. The molecule has 1 heterocycles. The Morgan fingerprint density at radius 1 is 1.24 bits per heavy atom. The van der Waals surface area contributed by atoms with Crippen molar-refractivity contribution in [3.8, 4) is 0 Å². The molecule has 2 aliphatic rings. The van der Waals surface area contributed by atoms with E-state index in [2.05, 4.69) is 10.6 Å². The first-order valence-corrected chi connectivity index (χ1v) is 6.86. The van der Waals surface area contributed by atoms with E-state index in [0.717, 1.165) is 41.4 Å². The molecule has 2 fully saturated rings. The summed E-state index contributed by atoms with van der Waals surface area (Å²) in [5.41, 5.74) is 1.13. The molecule has 0 bridgehead atoms. The van der Waals surface area contributed by atoms with Crippen LogP contribution in [0.3, 0.4) is 0 Å². The van der Waals surface area contributed by atoms with Gasteiger partial charge in [-0.15, -0.1) is 0 Å². The molecule has 2 unspecified atom stereocenters. The average molecular weight is 271 g/mol. The summed E-state index contributed by atoms with van der Waals surface area (Å²) in [4.78, 5) is 0. The molecule has 0 spiro atoms. The van der Waals surface area contributed by atoms with Crippen molar-refractivity contribution in [3.05, 3.63) is 33.8 Å². The molecular weight excluding hydrogens is 255 g/mol. The van der Waals surface area contributed by atoms with Gasteiger partial charge < -0.3 is 10.6 Å². The van der Waals surface area contributed by atoms with Crippen LogP contribution in [-0.4, -0.2) is 19.6 Å². The molecule has 1 saturated heterocycles. The van der Waals surface area contributed by atoms with Gasteiger partial charge in [-0.2, -0.15) is 0 Å². The molecule has 0 radical (unpaired) electrons. The smallest absolute Gasteiger partial charge is 0.0465 e. The number of nitrogens with one attached hydrogen (secondary N) is 2. The lowest BCUT2D eigenvalue weighted by Crippen LogP contribution is -2.23. The van der Waals surface area contributed by atoms with Crippen LogP contribution >= 0.6 is 23.2 Å². The highest BCUT2D eigenvalue weighted by Gasteiger charge is 2.51. The third kappa shape index (κ3) is 2.45. The Morgan fingerprint density at radius 3 is 2.71 bits per heavy atom. The zero-order valence-corrected chi connectivity index (χ0v) is 11.1. The molecule has 0 amide bonds. The second-order valence-electron chi connectivity index (χ2n) is 5.02. The molecule has 17 heavy (non-hydrogen) atoms. The molecule has 1 aliphatic heterocycles. The van der Waals surface area contributed by atoms with Crippen molar-refractivity contribution in [2.75, 3.05) is 19.6 Å². The van der Waals surface area contributed by atoms with Gasteiger partial charge in [0.15, 0.2) is 0 Å². The van der Waals surface area contributed by atoms with Crippen LogP contribution in [-0.2, 0) is 6.54 Å². The number of piperidine rings is 1. The highest BCUT2D eigenvalue weighted by molar-refractivity contribution is 6.35. The fourth-order valence-electron chi connectivity index (χ4n) is 2.89. The summed E-state index contributed by atoms with van der Waals surface area (Å²) in [6.45, 7) is 4.35. The van der Waals surface area contributed by atoms with Crippen LogP contribution in [0.2, 0.25) is 10.0 Å². The van der Waals surface area contributed by atoms with E-state index in [9.17, 15) is 0 Å². The van der Waals surface area contributed by atoms with Crippen LogP contribution in [0.1, 0.15) is 5.56 Å². The molecule has 4 heteroatoms. The topological polar surface area (TPSA) is 24.1 Å². The van der Waals surface area contributed by atoms with Gasteiger partial charge in [-0.05, 0) is 55.1 Å². The summed E-state index contributed by atoms with van der Waals surface area (Å²) >= 11 is 12.0. The van der Waals surface area contributed by atoms with E-state index in [0.29, 0.717) is 5.02 Å². The quantitative estimate of drug-likeness (QED) is 0.879. The maximum atomic E-state index is 6.12. The second kappa shape index (κ2) is 4.77. The molecule has 0 aromatic heterocycles. The van der Waals surface area contributed by atoms with Gasteiger partial charge in [-0.3, -0.25) is 0 Å². The van der Waals surface area contributed by atoms with Crippen molar-refractivity contribution in [2.24, 2.45) is 17.8 Å². The Balaban J connectivity index is 1.48. The predicted molar refractivity (Wildman–Crippen MR) is 71.5 cm³/mol. The maximum absolute atomic E-state index is 6.12. The summed E-state index contributed by atoms with van der Waals surface area (Å²) in [6, 6.07) is 5.68. The molecule has 1 aliphatic carbocycles. The normalized spacial score (nSPS) is 30.4. The molecular formula is C13H16Cl2N2. The number of benzene rings is 1. The Morgan fingerprint density at radius 2 is 2.00 bits per heavy atom. The van der Waals surface area contributed by atoms with Gasteiger partial charge in [0.2, 0.25) is 0 Å². The van der Waals surface area contributed by atoms with Crippen molar-refractivity contribution < 1.29 is 0 Å². The van der Waals surface area contributed by atoms with E-state index < -0.39 is 0 Å². The van der Waals surface area contributed by atoms with Crippen molar-refractivity contribution in [1.29, 1.82) is 0 Å². The highest BCUT2D eigenvalue weighted by atomic mass is 35.5. The Hall–Kier alpha value is -0.280. The van der Waals surface area contributed by atoms with Gasteiger partial charge in [0.05, 0.1) is 0 Å². The summed E-state index contributed by atoms with van der Waals surface area (Å²) in [7, 11) is 0. The molecule has 2 nitrogen and oxygen atoms in total. The van der Waals surface area contributed by atoms with Crippen molar-refractivity contribution in [2.45, 2.75) is 6.54 Å². The lowest BCUT2D eigenvalue weighted by molar-refractivity contribution is 0.539. The third-order valence-electron chi connectivity index (χ3n) is 3.98. The van der Waals surface area contributed by atoms with Crippen LogP contribution < -0.4 is 10.6 Å². The minimum atomic E-state index is 0.696. The summed E-state index contributed by atoms with van der Waals surface area (Å²) < 4.78 is 0. The van der Waals surface area contributed by atoms with Crippen LogP contribution in [0, 0.1) is 17.8 Å². The first-order valence-electron chi connectivity index (χ1n) is 6.11. The zero-order valence-electron chi connectivity index (χ0n) is 9.55. The fraction of sp³-hybridized carbons (Fsp3) is 0.538. The number of rotatable bonds is 4. The van der Waals surface area contributed by atoms with E-state index in [-0.39, 0.29) is 0 Å². The SMILES string of the molecule is Clc1ccc(CNCC2C3CNCC23)c(Cl)c1. The number of fused-ring (bicyclic) bond motifs is 1. The summed E-state index contributed by atoms with van der Waals surface area (Å²) in [6.07, 6.45) is 0. The van der Waals surface area contributed by atoms with Gasteiger partial charge in [0.25, 0.3) is 0 Å². The van der Waals surface area contributed by atoms with E-state index in [1.54, 1.807) is 6.07 Å². The van der Waals surface area contributed by atoms with E-state index in [1.165, 1.54) is 13.1 Å². The maximum Gasteiger partial charge on any atom is 0.0465 e. The molecule has 3 rings (SSSR count). The van der Waals surface area contributed by atoms with E-state index in [4.69, 9.17) is 23.2 Å². The summed E-state index contributed by atoms with van der Waals surface area (Å²) in [5, 5.41) is 8.36. The van der Waals surface area contributed by atoms with Gasteiger partial charge in [-0.25, -0.2) is 0 Å². The summed E-state index contributed by atoms with van der Waals surface area (Å²) in [5.74, 6) is 2.72. The molecule has 2 atom stereocenters. The largest absolute Gasteiger partial charge is 0.316 e. The van der Waals surface area contributed by atoms with Crippen LogP contribution in [0.5, 0.6) is 0 Å². The highest BCUT2D eigenvalue weighted by Crippen LogP contribution is 2.48. The molecule has 2 N–H and O–H groups in total. The van der Waals surface area contributed by atoms with E-state index >= 15 is 0 Å². The van der Waals surface area contributed by atoms with Gasteiger partial charge in [0.1, 0.15) is 0 Å². The predicted octanol–water partition coefficient (Wildman–Crippen LogP) is 2.55. The standard InChI is InChI=1S/C13H16Cl2N2/c14-9-2-1-8(13(15)3-9)4-16-5-10-11-6-17-7-12(10)11/h1-3,10-12,16-17H,4-7H2. The van der Waals surface area contributed by atoms with Crippen LogP contribution in [0.25, 0.3) is 0 Å². The Kier molecular flexibility index (Phi) is 3.31. The first kappa shape index (κ1) is 11.8. The lowest BCUT2D eigenvalue weighted by Gasteiger charge is -2.08. The number of hydrogen-bond donors (Lipinski definition) is 2. The second-order valence-corrected chi connectivity index (χ2v) is 5.86. The zero-order chi connectivity index (χ0) is 11.8. The van der Waals surface area contributed by atoms with Crippen LogP contribution in [0.4, 0.5) is 0 Å². The number of hydrogen-bond acceptors (Lipinski definition) is 2. The number of halogens is 2. The monoisotopic (exact) mass is 270 g/mol. The molecule has 1 aromatic carbocycles. The molecule has 1 saturated carbocycles. The van der Waals surface area contributed by atoms with Crippen molar-refractivity contribution in [3.63, 3.8) is 0 Å². The first-order chi connectivity index (χ1) is 8.25. The Bertz CT molecular complexity index is 412. The van der Waals surface area contributed by atoms with Crippen LogP contribution in [0.15, 0.2) is 18.2 Å². The molecule has 92 valence electrons. The Labute approximate surface area is 112 Å². The van der Waals surface area contributed by atoms with Gasteiger partial charge in [0, 0.05) is 16.6 Å². The van der Waals surface area contributed by atoms with Gasteiger partial charge >= 0.3 is 0 Å². The average Bonchev–Trinajstić information content (AvgIpc) is 2.73. The molecule has 1 aromatic rings. The fourth-order valence-corrected chi connectivity index (χ4v) is 3.36. The third-order valence-corrected chi connectivity index (χ3v) is 4.57.